The van der Waals surface area contributed by atoms with E-state index < -0.39 is 27.4 Å². The molecular formula is C3H3F7NNaO2S. The number of hydrogen-bond donors (Lipinski definition) is 1. The molecule has 0 unspecified atom stereocenters. The smallest absolute Gasteiger partial charge is 1.00 e. The number of halogens is 7. The van der Waals surface area contributed by atoms with Crippen LogP contribution < -0.4 is 34.7 Å². The summed E-state index contributed by atoms with van der Waals surface area (Å²) in [6, 6.07) is 0. The third kappa shape index (κ3) is 2.96. The molecule has 0 heterocycles. The number of nitrogens with two attached hydrogens (primary N) is 1. The van der Waals surface area contributed by atoms with Crippen LogP contribution in [0, 0.1) is 0 Å². The van der Waals surface area contributed by atoms with Gasteiger partial charge in [0.15, 0.2) is 0 Å². The van der Waals surface area contributed by atoms with Crippen molar-refractivity contribution in [2.24, 2.45) is 5.14 Å². The summed E-state index contributed by atoms with van der Waals surface area (Å²) < 4.78 is 101. The Bertz CT molecular complexity index is 327. The molecule has 0 atom stereocenters. The van der Waals surface area contributed by atoms with E-state index in [1.165, 1.54) is 0 Å². The van der Waals surface area contributed by atoms with E-state index in [0.29, 0.717) is 0 Å². The Balaban J connectivity index is -0.000000845. The molecule has 2 N–H and O–H groups in total. The van der Waals surface area contributed by atoms with Gasteiger partial charge in [-0.15, -0.1) is 0 Å². The summed E-state index contributed by atoms with van der Waals surface area (Å²) in [4.78, 5) is 0. The van der Waals surface area contributed by atoms with Crippen molar-refractivity contribution >= 4 is 10.0 Å². The zero-order valence-corrected chi connectivity index (χ0v) is 9.76. The maximum Gasteiger partial charge on any atom is 1.00 e. The minimum atomic E-state index is -6.73. The maximum atomic E-state index is 12.0. The van der Waals surface area contributed by atoms with Gasteiger partial charge in [-0.1, -0.05) is 0 Å². The standard InChI is InChI=1S/C3H2F7NO2S.Na.H/c4-1(5,2(6,7)8)3(9,10)14(11,12)13;;/h(H2,11,12,13);;/q;+1;-1. The van der Waals surface area contributed by atoms with Crippen molar-refractivity contribution in [2.45, 2.75) is 17.4 Å². The van der Waals surface area contributed by atoms with E-state index in [-0.39, 0.29) is 31.0 Å². The minimum absolute atomic E-state index is 0. The molecule has 0 rings (SSSR count). The molecule has 0 saturated heterocycles. The molecule has 0 aromatic rings. The Labute approximate surface area is 103 Å². The molecule has 0 spiro atoms. The molecule has 0 bridgehead atoms. The minimum Gasteiger partial charge on any atom is -1.00 e. The van der Waals surface area contributed by atoms with Crippen molar-refractivity contribution in [3.63, 3.8) is 0 Å². The summed E-state index contributed by atoms with van der Waals surface area (Å²) in [6.45, 7) is 0. The van der Waals surface area contributed by atoms with Crippen molar-refractivity contribution in [1.82, 2.24) is 0 Å². The fourth-order valence-corrected chi connectivity index (χ4v) is 0.817. The van der Waals surface area contributed by atoms with Gasteiger partial charge in [0.2, 0.25) is 0 Å². The summed E-state index contributed by atoms with van der Waals surface area (Å²) in [5.74, 6) is -6.73. The van der Waals surface area contributed by atoms with E-state index in [2.05, 4.69) is 5.14 Å². The van der Waals surface area contributed by atoms with Crippen LogP contribution in [0.1, 0.15) is 1.43 Å². The quantitative estimate of drug-likeness (QED) is 0.476. The van der Waals surface area contributed by atoms with E-state index in [1.807, 2.05) is 0 Å². The van der Waals surface area contributed by atoms with Crippen LogP contribution in [0.3, 0.4) is 0 Å². The first-order valence-corrected chi connectivity index (χ1v) is 4.14. The summed E-state index contributed by atoms with van der Waals surface area (Å²) in [6.07, 6.45) is -6.71. The third-order valence-electron chi connectivity index (χ3n) is 1.08. The van der Waals surface area contributed by atoms with E-state index in [9.17, 15) is 39.2 Å². The molecule has 0 amide bonds. The van der Waals surface area contributed by atoms with Crippen LogP contribution in [0.15, 0.2) is 0 Å². The third-order valence-corrected chi connectivity index (χ3v) is 2.05. The Morgan fingerprint density at radius 3 is 1.27 bits per heavy atom. The van der Waals surface area contributed by atoms with Gasteiger partial charge in [0.1, 0.15) is 0 Å². The fourth-order valence-electron chi connectivity index (χ4n) is 0.344. The molecule has 0 fully saturated rings. The van der Waals surface area contributed by atoms with Crippen LogP contribution in [-0.2, 0) is 10.0 Å². The molecule has 88 valence electrons. The predicted octanol–water partition coefficient (Wildman–Crippen LogP) is -1.82. The molecule has 0 saturated carbocycles. The average molecular weight is 273 g/mol. The molecule has 0 aliphatic heterocycles. The van der Waals surface area contributed by atoms with Crippen molar-refractivity contribution in [2.75, 3.05) is 0 Å². The van der Waals surface area contributed by atoms with E-state index in [0.717, 1.165) is 0 Å². The molecule has 0 radical (unpaired) electrons. The zero-order chi connectivity index (χ0) is 12.0. The first kappa shape index (κ1) is 17.8. The van der Waals surface area contributed by atoms with Gasteiger partial charge in [0, 0.05) is 0 Å². The first-order valence-electron chi connectivity index (χ1n) is 2.60. The van der Waals surface area contributed by atoms with Crippen LogP contribution in [0.5, 0.6) is 0 Å². The Kier molecular flexibility index (Phi) is 5.17. The molecule has 0 aliphatic carbocycles. The van der Waals surface area contributed by atoms with Gasteiger partial charge in [-0.2, -0.15) is 30.7 Å². The van der Waals surface area contributed by atoms with Gasteiger partial charge in [0.25, 0.3) is 10.0 Å². The Morgan fingerprint density at radius 1 is 0.933 bits per heavy atom. The average Bonchev–Trinajstić information content (AvgIpc) is 1.81. The molecule has 0 aromatic carbocycles. The summed E-state index contributed by atoms with van der Waals surface area (Å²) in [5, 5.41) is -2.85. The summed E-state index contributed by atoms with van der Waals surface area (Å²) in [5.41, 5.74) is 0. The number of hydrogen-bond acceptors (Lipinski definition) is 2. The molecule has 0 aliphatic rings. The van der Waals surface area contributed by atoms with Crippen LogP contribution in [-0.4, -0.2) is 25.8 Å². The van der Waals surface area contributed by atoms with Gasteiger partial charge >= 0.3 is 46.9 Å². The van der Waals surface area contributed by atoms with Gasteiger partial charge in [-0.05, 0) is 0 Å². The topological polar surface area (TPSA) is 60.2 Å². The number of rotatable bonds is 2. The first-order chi connectivity index (χ1) is 5.75. The molecule has 15 heavy (non-hydrogen) atoms. The fraction of sp³-hybridized carbons (Fsp3) is 1.00. The van der Waals surface area contributed by atoms with Crippen LogP contribution in [0.25, 0.3) is 0 Å². The monoisotopic (exact) mass is 273 g/mol. The maximum absolute atomic E-state index is 12.0. The van der Waals surface area contributed by atoms with E-state index >= 15 is 0 Å². The largest absolute Gasteiger partial charge is 1.00 e. The molecule has 3 nitrogen and oxygen atoms in total. The summed E-state index contributed by atoms with van der Waals surface area (Å²) >= 11 is 0. The Morgan fingerprint density at radius 2 is 1.20 bits per heavy atom. The predicted molar refractivity (Wildman–Crippen MR) is 30.2 cm³/mol. The van der Waals surface area contributed by atoms with Crippen molar-refractivity contribution < 1.29 is 70.1 Å². The van der Waals surface area contributed by atoms with Crippen LogP contribution >= 0.6 is 0 Å². The zero-order valence-electron chi connectivity index (χ0n) is 7.95. The second kappa shape index (κ2) is 4.35. The Hall–Kier alpha value is 0.420. The van der Waals surface area contributed by atoms with Gasteiger partial charge in [0.05, 0.1) is 0 Å². The molecule has 12 heteroatoms. The number of sulfonamides is 1. The molecule has 0 aromatic heterocycles. The van der Waals surface area contributed by atoms with Crippen molar-refractivity contribution in [3.05, 3.63) is 0 Å². The SMILES string of the molecule is NS(=O)(=O)C(F)(F)C(F)(F)C(F)(F)F.[H-].[Na+]. The van der Waals surface area contributed by atoms with Gasteiger partial charge in [-0.25, -0.2) is 13.6 Å². The second-order valence-electron chi connectivity index (χ2n) is 2.13. The van der Waals surface area contributed by atoms with E-state index in [1.54, 1.807) is 0 Å². The van der Waals surface area contributed by atoms with E-state index in [4.69, 9.17) is 0 Å². The van der Waals surface area contributed by atoms with Crippen molar-refractivity contribution in [1.29, 1.82) is 0 Å². The van der Waals surface area contributed by atoms with Crippen LogP contribution in [0.4, 0.5) is 30.7 Å². The second-order valence-corrected chi connectivity index (χ2v) is 3.74. The summed E-state index contributed by atoms with van der Waals surface area (Å²) in [7, 11) is -6.35. The van der Waals surface area contributed by atoms with Gasteiger partial charge in [-0.3, -0.25) is 0 Å². The normalized spacial score (nSPS) is 14.7. The van der Waals surface area contributed by atoms with Crippen LogP contribution in [0.2, 0.25) is 0 Å². The number of alkyl halides is 7. The van der Waals surface area contributed by atoms with Crippen molar-refractivity contribution in [3.8, 4) is 0 Å². The van der Waals surface area contributed by atoms with Gasteiger partial charge < -0.3 is 1.43 Å². The molecular weight excluding hydrogens is 270 g/mol. The number of primary sulfonamides is 1.